The van der Waals surface area contributed by atoms with Crippen LogP contribution in [0, 0.1) is 0 Å². The van der Waals surface area contributed by atoms with Crippen molar-refractivity contribution in [1.82, 2.24) is 25.3 Å². The zero-order valence-electron chi connectivity index (χ0n) is 12.1. The summed E-state index contributed by atoms with van der Waals surface area (Å²) in [6, 6.07) is 0. The number of H-pyrrole nitrogens is 1. The Balaban J connectivity index is 2.04. The standard InChI is InChI=1S/C13H19N7O/c1-8(2)12-17-6-10(20-14)11(19-12)13(21)16-4-3-9-5-15-7-18-9/h5-8,20H,3-4,14H2,1-2H3,(H,15,18)(H,16,21). The Bertz CT molecular complexity index is 595. The Morgan fingerprint density at radius 1 is 1.43 bits per heavy atom. The van der Waals surface area contributed by atoms with Crippen molar-refractivity contribution < 1.29 is 4.79 Å². The Morgan fingerprint density at radius 3 is 2.86 bits per heavy atom. The van der Waals surface area contributed by atoms with Gasteiger partial charge in [0.1, 0.15) is 5.82 Å². The monoisotopic (exact) mass is 289 g/mol. The van der Waals surface area contributed by atoms with Crippen LogP contribution in [0.5, 0.6) is 0 Å². The summed E-state index contributed by atoms with van der Waals surface area (Å²) in [6.07, 6.45) is 5.51. The van der Waals surface area contributed by atoms with Gasteiger partial charge in [0, 0.05) is 30.8 Å². The van der Waals surface area contributed by atoms with Gasteiger partial charge in [-0.2, -0.15) is 0 Å². The van der Waals surface area contributed by atoms with Crippen LogP contribution in [0.15, 0.2) is 18.7 Å². The number of amides is 1. The number of rotatable bonds is 6. The molecule has 8 heteroatoms. The minimum absolute atomic E-state index is 0.133. The first-order valence-electron chi connectivity index (χ1n) is 6.70. The van der Waals surface area contributed by atoms with Gasteiger partial charge < -0.3 is 15.7 Å². The molecule has 0 atom stereocenters. The SMILES string of the molecule is CC(C)c1ncc(NN)c(C(=O)NCCc2cnc[nH]2)n1. The molecule has 0 aliphatic carbocycles. The van der Waals surface area contributed by atoms with E-state index in [-0.39, 0.29) is 17.5 Å². The molecule has 0 saturated carbocycles. The maximum Gasteiger partial charge on any atom is 0.272 e. The normalized spacial score (nSPS) is 10.7. The lowest BCUT2D eigenvalue weighted by Crippen LogP contribution is -2.29. The average Bonchev–Trinajstić information content (AvgIpc) is 2.99. The second-order valence-corrected chi connectivity index (χ2v) is 4.87. The molecule has 0 unspecified atom stereocenters. The second kappa shape index (κ2) is 6.80. The Kier molecular flexibility index (Phi) is 4.83. The van der Waals surface area contributed by atoms with E-state index in [1.165, 1.54) is 6.20 Å². The van der Waals surface area contributed by atoms with Gasteiger partial charge in [-0.15, -0.1) is 0 Å². The molecule has 2 aromatic rings. The van der Waals surface area contributed by atoms with Crippen molar-refractivity contribution in [2.45, 2.75) is 26.2 Å². The van der Waals surface area contributed by atoms with E-state index < -0.39 is 0 Å². The second-order valence-electron chi connectivity index (χ2n) is 4.87. The van der Waals surface area contributed by atoms with Gasteiger partial charge in [-0.25, -0.2) is 15.0 Å². The van der Waals surface area contributed by atoms with E-state index >= 15 is 0 Å². The summed E-state index contributed by atoms with van der Waals surface area (Å²) >= 11 is 0. The molecular weight excluding hydrogens is 270 g/mol. The number of nitrogen functional groups attached to an aromatic ring is 1. The largest absolute Gasteiger partial charge is 0.350 e. The molecule has 112 valence electrons. The third-order valence-electron chi connectivity index (χ3n) is 2.93. The molecule has 2 aromatic heterocycles. The molecule has 0 fully saturated rings. The van der Waals surface area contributed by atoms with E-state index in [1.54, 1.807) is 12.5 Å². The van der Waals surface area contributed by atoms with Crippen LogP contribution in [0.3, 0.4) is 0 Å². The van der Waals surface area contributed by atoms with Crippen molar-refractivity contribution in [2.24, 2.45) is 5.84 Å². The quantitative estimate of drug-likeness (QED) is 0.456. The van der Waals surface area contributed by atoms with Crippen molar-refractivity contribution in [3.05, 3.63) is 35.9 Å². The molecule has 8 nitrogen and oxygen atoms in total. The number of aromatic nitrogens is 4. The number of imidazole rings is 1. The number of aromatic amines is 1. The fourth-order valence-corrected chi connectivity index (χ4v) is 1.77. The number of anilines is 1. The maximum atomic E-state index is 12.2. The molecule has 0 radical (unpaired) electrons. The van der Waals surface area contributed by atoms with Gasteiger partial charge in [0.05, 0.1) is 18.2 Å². The summed E-state index contributed by atoms with van der Waals surface area (Å²) < 4.78 is 0. The predicted molar refractivity (Wildman–Crippen MR) is 78.6 cm³/mol. The number of hydrazine groups is 1. The van der Waals surface area contributed by atoms with E-state index in [0.717, 1.165) is 5.69 Å². The number of nitrogens with two attached hydrogens (primary N) is 1. The van der Waals surface area contributed by atoms with Gasteiger partial charge in [0.15, 0.2) is 5.69 Å². The van der Waals surface area contributed by atoms with Gasteiger partial charge >= 0.3 is 0 Å². The van der Waals surface area contributed by atoms with Crippen LogP contribution in [0.4, 0.5) is 5.69 Å². The molecule has 0 aromatic carbocycles. The van der Waals surface area contributed by atoms with E-state index in [9.17, 15) is 4.79 Å². The zero-order chi connectivity index (χ0) is 15.2. The third-order valence-corrected chi connectivity index (χ3v) is 2.93. The smallest absolute Gasteiger partial charge is 0.272 e. The summed E-state index contributed by atoms with van der Waals surface area (Å²) in [7, 11) is 0. The van der Waals surface area contributed by atoms with Gasteiger partial charge in [-0.1, -0.05) is 13.8 Å². The van der Waals surface area contributed by atoms with Gasteiger partial charge in [-0.05, 0) is 0 Å². The van der Waals surface area contributed by atoms with Crippen molar-refractivity contribution in [3.8, 4) is 0 Å². The molecule has 2 heterocycles. The summed E-state index contributed by atoms with van der Waals surface area (Å²) in [5.41, 5.74) is 4.05. The lowest BCUT2D eigenvalue weighted by Gasteiger charge is -2.11. The molecule has 0 aliphatic heterocycles. The lowest BCUT2D eigenvalue weighted by molar-refractivity contribution is 0.0949. The van der Waals surface area contributed by atoms with E-state index in [1.807, 2.05) is 13.8 Å². The maximum absolute atomic E-state index is 12.2. The molecule has 0 saturated heterocycles. The summed E-state index contributed by atoms with van der Waals surface area (Å²) in [4.78, 5) is 27.5. The molecule has 0 aliphatic rings. The van der Waals surface area contributed by atoms with Crippen molar-refractivity contribution >= 4 is 11.6 Å². The fourth-order valence-electron chi connectivity index (χ4n) is 1.77. The summed E-state index contributed by atoms with van der Waals surface area (Å²) in [5, 5.41) is 2.81. The number of carbonyl (C=O) groups is 1. The van der Waals surface area contributed by atoms with E-state index in [0.29, 0.717) is 24.5 Å². The van der Waals surface area contributed by atoms with E-state index in [2.05, 4.69) is 30.7 Å². The Labute approximate surface area is 122 Å². The molecule has 5 N–H and O–H groups in total. The van der Waals surface area contributed by atoms with Crippen LogP contribution < -0.4 is 16.6 Å². The highest BCUT2D eigenvalue weighted by atomic mass is 16.1. The highest BCUT2D eigenvalue weighted by Gasteiger charge is 2.15. The highest BCUT2D eigenvalue weighted by molar-refractivity contribution is 5.97. The summed E-state index contributed by atoms with van der Waals surface area (Å²) in [5.74, 6) is 5.85. The highest BCUT2D eigenvalue weighted by Crippen LogP contribution is 2.15. The first-order valence-corrected chi connectivity index (χ1v) is 6.70. The molecular formula is C13H19N7O. The first-order chi connectivity index (χ1) is 10.1. The van der Waals surface area contributed by atoms with Crippen molar-refractivity contribution in [3.63, 3.8) is 0 Å². The first kappa shape index (κ1) is 14.9. The number of carbonyl (C=O) groups excluding carboxylic acids is 1. The minimum Gasteiger partial charge on any atom is -0.350 e. The van der Waals surface area contributed by atoms with Gasteiger partial charge in [0.25, 0.3) is 5.91 Å². The van der Waals surface area contributed by atoms with Crippen LogP contribution >= 0.6 is 0 Å². The Morgan fingerprint density at radius 2 is 2.24 bits per heavy atom. The number of nitrogens with zero attached hydrogens (tertiary/aromatic N) is 3. The fraction of sp³-hybridized carbons (Fsp3) is 0.385. The number of nitrogens with one attached hydrogen (secondary N) is 3. The molecule has 1 amide bonds. The number of hydrogen-bond acceptors (Lipinski definition) is 6. The van der Waals surface area contributed by atoms with Crippen molar-refractivity contribution in [2.75, 3.05) is 12.0 Å². The number of hydrogen-bond donors (Lipinski definition) is 4. The third kappa shape index (κ3) is 3.76. The average molecular weight is 289 g/mol. The Hall–Kier alpha value is -2.48. The van der Waals surface area contributed by atoms with Crippen LogP contribution in [0.25, 0.3) is 0 Å². The van der Waals surface area contributed by atoms with Crippen LogP contribution in [0.2, 0.25) is 0 Å². The molecule has 21 heavy (non-hydrogen) atoms. The minimum atomic E-state index is -0.285. The molecule has 0 bridgehead atoms. The van der Waals surface area contributed by atoms with Crippen molar-refractivity contribution in [1.29, 1.82) is 0 Å². The van der Waals surface area contributed by atoms with E-state index in [4.69, 9.17) is 5.84 Å². The zero-order valence-corrected chi connectivity index (χ0v) is 12.1. The van der Waals surface area contributed by atoms with Crippen LogP contribution in [-0.4, -0.2) is 32.4 Å². The topological polar surface area (TPSA) is 122 Å². The molecule has 0 spiro atoms. The lowest BCUT2D eigenvalue weighted by atomic mass is 10.2. The predicted octanol–water partition coefficient (Wildman–Crippen LogP) is 0.581. The summed E-state index contributed by atoms with van der Waals surface area (Å²) in [6.45, 7) is 4.40. The van der Waals surface area contributed by atoms with Gasteiger partial charge in [0.2, 0.25) is 0 Å². The van der Waals surface area contributed by atoms with Gasteiger partial charge in [-0.3, -0.25) is 10.6 Å². The van der Waals surface area contributed by atoms with Crippen LogP contribution in [-0.2, 0) is 6.42 Å². The van der Waals surface area contributed by atoms with Crippen LogP contribution in [0.1, 0.15) is 41.8 Å². The molecule has 2 rings (SSSR count).